The maximum atomic E-state index is 5.51. The standard InChI is InChI=1S/C15H15N3O/c1-9-17-18-15(19-9)10-6-7-14-12(8-10)11-4-2-3-5-13(11)16-14/h6-8,16H,2-5H2,1H3. The van der Waals surface area contributed by atoms with Crippen LogP contribution < -0.4 is 0 Å². The molecule has 1 aliphatic rings. The summed E-state index contributed by atoms with van der Waals surface area (Å²) in [5.41, 5.74) is 5.09. The van der Waals surface area contributed by atoms with Gasteiger partial charge in [0.2, 0.25) is 11.8 Å². The largest absolute Gasteiger partial charge is 0.421 e. The molecule has 0 radical (unpaired) electrons. The Morgan fingerprint density at radius 2 is 2.05 bits per heavy atom. The molecule has 4 nitrogen and oxygen atoms in total. The Morgan fingerprint density at radius 1 is 1.16 bits per heavy atom. The van der Waals surface area contributed by atoms with Crippen LogP contribution in [0.4, 0.5) is 0 Å². The van der Waals surface area contributed by atoms with Gasteiger partial charge in [0.1, 0.15) is 0 Å². The van der Waals surface area contributed by atoms with Crippen LogP contribution in [0.25, 0.3) is 22.4 Å². The Hall–Kier alpha value is -2.10. The number of aryl methyl sites for hydroxylation is 3. The average Bonchev–Trinajstić information content (AvgIpc) is 3.01. The van der Waals surface area contributed by atoms with Gasteiger partial charge in [0, 0.05) is 29.1 Å². The third kappa shape index (κ3) is 1.67. The molecule has 0 fully saturated rings. The molecule has 3 aromatic rings. The summed E-state index contributed by atoms with van der Waals surface area (Å²) in [6.45, 7) is 1.81. The highest BCUT2D eigenvalue weighted by Gasteiger charge is 2.16. The van der Waals surface area contributed by atoms with Gasteiger partial charge in [0.25, 0.3) is 0 Å². The molecule has 2 heterocycles. The molecule has 1 aromatic carbocycles. The van der Waals surface area contributed by atoms with E-state index >= 15 is 0 Å². The topological polar surface area (TPSA) is 54.7 Å². The van der Waals surface area contributed by atoms with E-state index in [9.17, 15) is 0 Å². The Morgan fingerprint density at radius 3 is 2.89 bits per heavy atom. The zero-order valence-corrected chi connectivity index (χ0v) is 10.9. The number of aromatic amines is 1. The summed E-state index contributed by atoms with van der Waals surface area (Å²) < 4.78 is 5.51. The number of nitrogens with one attached hydrogen (secondary N) is 1. The molecular weight excluding hydrogens is 238 g/mol. The first-order valence-electron chi connectivity index (χ1n) is 6.75. The number of hydrogen-bond acceptors (Lipinski definition) is 3. The molecule has 19 heavy (non-hydrogen) atoms. The van der Waals surface area contributed by atoms with Gasteiger partial charge in [-0.15, -0.1) is 10.2 Å². The quantitative estimate of drug-likeness (QED) is 0.723. The predicted molar refractivity (Wildman–Crippen MR) is 73.0 cm³/mol. The summed E-state index contributed by atoms with van der Waals surface area (Å²) in [6.07, 6.45) is 4.90. The van der Waals surface area contributed by atoms with Crippen LogP contribution in [-0.4, -0.2) is 15.2 Å². The summed E-state index contributed by atoms with van der Waals surface area (Å²) in [6, 6.07) is 6.32. The highest BCUT2D eigenvalue weighted by atomic mass is 16.4. The maximum Gasteiger partial charge on any atom is 0.247 e. The van der Waals surface area contributed by atoms with Gasteiger partial charge in [-0.3, -0.25) is 0 Å². The van der Waals surface area contributed by atoms with Crippen molar-refractivity contribution in [1.29, 1.82) is 0 Å². The zero-order chi connectivity index (χ0) is 12.8. The Bertz CT molecular complexity index is 754. The minimum atomic E-state index is 0.602. The van der Waals surface area contributed by atoms with E-state index < -0.39 is 0 Å². The summed E-state index contributed by atoms with van der Waals surface area (Å²) in [5.74, 6) is 1.20. The third-order valence-corrected chi connectivity index (χ3v) is 3.87. The van der Waals surface area contributed by atoms with Crippen LogP contribution in [0.1, 0.15) is 30.0 Å². The van der Waals surface area contributed by atoms with E-state index in [1.165, 1.54) is 47.8 Å². The van der Waals surface area contributed by atoms with Crippen LogP contribution in [0.15, 0.2) is 22.6 Å². The molecule has 0 spiro atoms. The molecule has 0 atom stereocenters. The smallest absolute Gasteiger partial charge is 0.247 e. The minimum absolute atomic E-state index is 0.602. The summed E-state index contributed by atoms with van der Waals surface area (Å²) in [7, 11) is 0. The van der Waals surface area contributed by atoms with Crippen molar-refractivity contribution in [2.75, 3.05) is 0 Å². The first kappa shape index (κ1) is 10.8. The van der Waals surface area contributed by atoms with Crippen LogP contribution >= 0.6 is 0 Å². The highest BCUT2D eigenvalue weighted by molar-refractivity contribution is 5.88. The predicted octanol–water partition coefficient (Wildman–Crippen LogP) is 3.41. The fourth-order valence-electron chi connectivity index (χ4n) is 2.95. The van der Waals surface area contributed by atoms with Gasteiger partial charge in [-0.2, -0.15) is 0 Å². The van der Waals surface area contributed by atoms with Crippen LogP contribution in [0.5, 0.6) is 0 Å². The first-order chi connectivity index (χ1) is 9.31. The second-order valence-corrected chi connectivity index (χ2v) is 5.18. The normalized spacial score (nSPS) is 14.8. The lowest BCUT2D eigenvalue weighted by Gasteiger charge is -2.10. The van der Waals surface area contributed by atoms with Crippen molar-refractivity contribution in [2.45, 2.75) is 32.6 Å². The molecular formula is C15H15N3O. The van der Waals surface area contributed by atoms with E-state index in [1.807, 2.05) is 13.0 Å². The summed E-state index contributed by atoms with van der Waals surface area (Å²) in [5, 5.41) is 9.29. The van der Waals surface area contributed by atoms with Crippen molar-refractivity contribution in [1.82, 2.24) is 15.2 Å². The van der Waals surface area contributed by atoms with Gasteiger partial charge in [-0.25, -0.2) is 0 Å². The van der Waals surface area contributed by atoms with Crippen molar-refractivity contribution >= 4 is 10.9 Å². The molecule has 0 saturated heterocycles. The summed E-state index contributed by atoms with van der Waals surface area (Å²) >= 11 is 0. The number of aromatic nitrogens is 3. The Kier molecular flexibility index (Phi) is 2.24. The van der Waals surface area contributed by atoms with Crippen LogP contribution in [0.3, 0.4) is 0 Å². The lowest BCUT2D eigenvalue weighted by atomic mass is 9.95. The maximum absolute atomic E-state index is 5.51. The van der Waals surface area contributed by atoms with Gasteiger partial charge < -0.3 is 9.40 Å². The van der Waals surface area contributed by atoms with Gasteiger partial charge in [0.15, 0.2) is 0 Å². The van der Waals surface area contributed by atoms with E-state index in [2.05, 4.69) is 27.3 Å². The molecule has 96 valence electrons. The SMILES string of the molecule is Cc1nnc(-c2ccc3[nH]c4c(c3c2)CCCC4)o1. The molecule has 0 amide bonds. The Balaban J connectivity index is 1.90. The molecule has 4 heteroatoms. The number of H-pyrrole nitrogens is 1. The van der Waals surface area contributed by atoms with Crippen LogP contribution in [0, 0.1) is 6.92 Å². The fourth-order valence-corrected chi connectivity index (χ4v) is 2.95. The molecule has 0 unspecified atom stereocenters. The van der Waals surface area contributed by atoms with Crippen molar-refractivity contribution in [3.05, 3.63) is 35.3 Å². The molecule has 1 N–H and O–H groups in total. The first-order valence-corrected chi connectivity index (χ1v) is 6.75. The van der Waals surface area contributed by atoms with Crippen molar-refractivity contribution in [2.24, 2.45) is 0 Å². The second-order valence-electron chi connectivity index (χ2n) is 5.18. The van der Waals surface area contributed by atoms with Gasteiger partial charge in [0.05, 0.1) is 0 Å². The van der Waals surface area contributed by atoms with Crippen LogP contribution in [-0.2, 0) is 12.8 Å². The number of benzene rings is 1. The zero-order valence-electron chi connectivity index (χ0n) is 10.9. The highest BCUT2D eigenvalue weighted by Crippen LogP contribution is 2.31. The van der Waals surface area contributed by atoms with Gasteiger partial charge in [-0.1, -0.05) is 0 Å². The van der Waals surface area contributed by atoms with Crippen LogP contribution in [0.2, 0.25) is 0 Å². The number of rotatable bonds is 1. The molecule has 2 aromatic heterocycles. The average molecular weight is 253 g/mol. The van der Waals surface area contributed by atoms with E-state index in [-0.39, 0.29) is 0 Å². The molecule has 1 aliphatic carbocycles. The third-order valence-electron chi connectivity index (χ3n) is 3.87. The lowest BCUT2D eigenvalue weighted by Crippen LogP contribution is -1.99. The van der Waals surface area contributed by atoms with E-state index in [4.69, 9.17) is 4.42 Å². The monoisotopic (exact) mass is 253 g/mol. The van der Waals surface area contributed by atoms with Crippen molar-refractivity contribution in [3.63, 3.8) is 0 Å². The van der Waals surface area contributed by atoms with E-state index in [0.29, 0.717) is 11.8 Å². The summed E-state index contributed by atoms with van der Waals surface area (Å²) in [4.78, 5) is 3.53. The lowest BCUT2D eigenvalue weighted by molar-refractivity contribution is 0.533. The number of nitrogens with zero attached hydrogens (tertiary/aromatic N) is 2. The van der Waals surface area contributed by atoms with Crippen molar-refractivity contribution in [3.8, 4) is 11.5 Å². The van der Waals surface area contributed by atoms with Crippen molar-refractivity contribution < 1.29 is 4.42 Å². The number of hydrogen-bond donors (Lipinski definition) is 1. The van der Waals surface area contributed by atoms with E-state index in [1.54, 1.807) is 0 Å². The molecule has 0 bridgehead atoms. The van der Waals surface area contributed by atoms with E-state index in [0.717, 1.165) is 5.56 Å². The van der Waals surface area contributed by atoms with Gasteiger partial charge in [-0.05, 0) is 49.4 Å². The fraction of sp³-hybridized carbons (Fsp3) is 0.333. The number of fused-ring (bicyclic) bond motifs is 3. The molecule has 4 rings (SSSR count). The van der Waals surface area contributed by atoms with Gasteiger partial charge >= 0.3 is 0 Å². The Labute approximate surface area is 110 Å². The molecule has 0 saturated carbocycles. The second kappa shape index (κ2) is 3.95. The minimum Gasteiger partial charge on any atom is -0.421 e. The molecule has 0 aliphatic heterocycles.